The van der Waals surface area contributed by atoms with Crippen LogP contribution >= 0.6 is 11.3 Å². The molecule has 0 bridgehead atoms. The number of fused-ring (bicyclic) bond motifs is 1. The molecule has 0 atom stereocenters. The van der Waals surface area contributed by atoms with Crippen LogP contribution in [0.15, 0.2) is 54.7 Å². The van der Waals surface area contributed by atoms with E-state index in [9.17, 15) is 23.2 Å². The Morgan fingerprint density at radius 3 is 2.60 bits per heavy atom. The molecule has 3 N–H and O–H groups in total. The van der Waals surface area contributed by atoms with Crippen molar-refractivity contribution in [1.29, 1.82) is 0 Å². The van der Waals surface area contributed by atoms with Gasteiger partial charge < -0.3 is 20.5 Å². The summed E-state index contributed by atoms with van der Waals surface area (Å²) in [5.41, 5.74) is 0.788. The second-order valence-corrected chi connectivity index (χ2v) is 8.26. The molecule has 10 nitrogen and oxygen atoms in total. The van der Waals surface area contributed by atoms with Crippen LogP contribution in [0, 0.1) is 0 Å². The lowest BCUT2D eigenvalue weighted by Crippen LogP contribution is -2.28. The molecule has 0 aliphatic rings. The van der Waals surface area contributed by atoms with Gasteiger partial charge in [0.15, 0.2) is 5.65 Å². The molecule has 0 unspecified atom stereocenters. The molecule has 0 aliphatic carbocycles. The van der Waals surface area contributed by atoms with Crippen LogP contribution in [0.4, 0.5) is 8.78 Å². The second kappa shape index (κ2) is 10.3. The van der Waals surface area contributed by atoms with Crippen LogP contribution in [0.2, 0.25) is 0 Å². The van der Waals surface area contributed by atoms with Crippen LogP contribution < -0.4 is 15.4 Å². The number of carboxylic acids is 1. The Labute approximate surface area is 200 Å². The van der Waals surface area contributed by atoms with Crippen molar-refractivity contribution in [3.05, 3.63) is 81.4 Å². The van der Waals surface area contributed by atoms with Crippen LogP contribution in [0.5, 0.6) is 5.75 Å². The maximum atomic E-state index is 12.8. The molecule has 1 aromatic carbocycles. The van der Waals surface area contributed by atoms with Crippen molar-refractivity contribution in [3.63, 3.8) is 0 Å². The van der Waals surface area contributed by atoms with Crippen molar-refractivity contribution in [2.45, 2.75) is 19.7 Å². The molecule has 0 aliphatic heterocycles. The van der Waals surface area contributed by atoms with E-state index in [4.69, 9.17) is 5.11 Å². The fourth-order valence-electron chi connectivity index (χ4n) is 3.14. The Balaban J connectivity index is 1.47. The van der Waals surface area contributed by atoms with Gasteiger partial charge in [-0.1, -0.05) is 12.1 Å². The number of carboxylic acid groups (broad SMARTS) is 1. The number of nitrogens with zero attached hydrogens (tertiary/aromatic N) is 3. The number of benzene rings is 1. The predicted octanol–water partition coefficient (Wildman–Crippen LogP) is 2.95. The van der Waals surface area contributed by atoms with E-state index in [-0.39, 0.29) is 40.8 Å². The number of hydrogen-bond acceptors (Lipinski definition) is 7. The highest BCUT2D eigenvalue weighted by Crippen LogP contribution is 2.17. The molecule has 0 saturated heterocycles. The lowest BCUT2D eigenvalue weighted by molar-refractivity contribution is -0.0499. The molecule has 0 radical (unpaired) electrons. The maximum absolute atomic E-state index is 12.8. The SMILES string of the molecule is O=C(NCc1cccc(OC(F)F)c1)c1cc(C(=O)NCc2ccc(C(=O)O)s2)n2nccc2n1. The molecule has 3 heterocycles. The molecular formula is C22H17F2N5O5S. The summed E-state index contributed by atoms with van der Waals surface area (Å²) in [4.78, 5) is 41.6. The summed E-state index contributed by atoms with van der Waals surface area (Å²) in [6.45, 7) is -2.87. The van der Waals surface area contributed by atoms with Crippen LogP contribution in [0.1, 0.15) is 41.1 Å². The largest absolute Gasteiger partial charge is 0.477 e. The molecule has 0 saturated carbocycles. The van der Waals surface area contributed by atoms with Crippen LogP contribution in [-0.4, -0.2) is 44.1 Å². The van der Waals surface area contributed by atoms with Gasteiger partial charge in [-0.2, -0.15) is 13.9 Å². The van der Waals surface area contributed by atoms with Gasteiger partial charge >= 0.3 is 12.6 Å². The van der Waals surface area contributed by atoms with Gasteiger partial charge in [-0.25, -0.2) is 14.3 Å². The smallest absolute Gasteiger partial charge is 0.387 e. The zero-order chi connectivity index (χ0) is 24.9. The first kappa shape index (κ1) is 23.8. The third-order valence-corrected chi connectivity index (χ3v) is 5.77. The lowest BCUT2D eigenvalue weighted by atomic mass is 10.2. The Kier molecular flexibility index (Phi) is 6.96. The molecule has 35 heavy (non-hydrogen) atoms. The number of nitrogens with one attached hydrogen (secondary N) is 2. The molecule has 3 aromatic heterocycles. The summed E-state index contributed by atoms with van der Waals surface area (Å²) >= 11 is 1.04. The van der Waals surface area contributed by atoms with Gasteiger partial charge in [0.2, 0.25) is 0 Å². The number of ether oxygens (including phenoxy) is 1. The van der Waals surface area contributed by atoms with Crippen LogP contribution in [0.3, 0.4) is 0 Å². The van der Waals surface area contributed by atoms with Crippen molar-refractivity contribution in [1.82, 2.24) is 25.2 Å². The van der Waals surface area contributed by atoms with Gasteiger partial charge in [0.25, 0.3) is 11.8 Å². The van der Waals surface area contributed by atoms with E-state index in [2.05, 4.69) is 25.5 Å². The predicted molar refractivity (Wildman–Crippen MR) is 120 cm³/mol. The van der Waals surface area contributed by atoms with Crippen molar-refractivity contribution < 1.29 is 33.0 Å². The lowest BCUT2D eigenvalue weighted by Gasteiger charge is -2.10. The third kappa shape index (κ3) is 5.76. The van der Waals surface area contributed by atoms with E-state index in [0.717, 1.165) is 11.3 Å². The summed E-state index contributed by atoms with van der Waals surface area (Å²) in [6.07, 6.45) is 1.42. The highest BCUT2D eigenvalue weighted by molar-refractivity contribution is 7.13. The molecule has 180 valence electrons. The monoisotopic (exact) mass is 501 g/mol. The van der Waals surface area contributed by atoms with Gasteiger partial charge in [0.05, 0.1) is 12.7 Å². The molecule has 2 amide bonds. The van der Waals surface area contributed by atoms with E-state index >= 15 is 0 Å². The summed E-state index contributed by atoms with van der Waals surface area (Å²) in [6, 6.07) is 11.7. The minimum atomic E-state index is -2.96. The zero-order valence-corrected chi connectivity index (χ0v) is 18.6. The molecule has 0 spiro atoms. The van der Waals surface area contributed by atoms with Crippen molar-refractivity contribution in [3.8, 4) is 5.75 Å². The first-order valence-electron chi connectivity index (χ1n) is 10.1. The fraction of sp³-hybridized carbons (Fsp3) is 0.136. The molecule has 4 rings (SSSR count). The Bertz CT molecular complexity index is 1400. The van der Waals surface area contributed by atoms with E-state index in [1.807, 2.05) is 0 Å². The number of amides is 2. The number of halogens is 2. The number of hydrogen-bond donors (Lipinski definition) is 3. The average molecular weight is 501 g/mol. The average Bonchev–Trinajstić information content (AvgIpc) is 3.50. The standard InChI is InChI=1S/C22H17F2N5O5S/c23-22(24)34-13-3-1-2-12(8-13)10-25-19(30)15-9-16(29-18(28-15)6-7-27-29)20(31)26-11-14-4-5-17(35-14)21(32)33/h1-9,22H,10-11H2,(H,25,30)(H,26,31)(H,32,33). The summed E-state index contributed by atoms with van der Waals surface area (Å²) in [5.74, 6) is -2.22. The first-order chi connectivity index (χ1) is 16.8. The summed E-state index contributed by atoms with van der Waals surface area (Å²) in [7, 11) is 0. The fourth-order valence-corrected chi connectivity index (χ4v) is 3.93. The van der Waals surface area contributed by atoms with Gasteiger partial charge in [0.1, 0.15) is 22.0 Å². The first-order valence-corrected chi connectivity index (χ1v) is 10.9. The number of aromatic nitrogens is 3. The van der Waals surface area contributed by atoms with Crippen LogP contribution in [0.25, 0.3) is 5.65 Å². The highest BCUT2D eigenvalue weighted by atomic mass is 32.1. The number of thiophene rings is 1. The molecular weight excluding hydrogens is 484 g/mol. The minimum absolute atomic E-state index is 0.0111. The topological polar surface area (TPSA) is 135 Å². The minimum Gasteiger partial charge on any atom is -0.477 e. The van der Waals surface area contributed by atoms with Gasteiger partial charge in [-0.3, -0.25) is 9.59 Å². The van der Waals surface area contributed by atoms with Crippen LogP contribution in [-0.2, 0) is 13.1 Å². The highest BCUT2D eigenvalue weighted by Gasteiger charge is 2.18. The Morgan fingerprint density at radius 1 is 1.06 bits per heavy atom. The van der Waals surface area contributed by atoms with Gasteiger partial charge in [-0.05, 0) is 29.8 Å². The quantitative estimate of drug-likeness (QED) is 0.321. The molecule has 4 aromatic rings. The number of rotatable bonds is 9. The van der Waals surface area contributed by atoms with Crippen molar-refractivity contribution in [2.24, 2.45) is 0 Å². The van der Waals surface area contributed by atoms with E-state index < -0.39 is 24.4 Å². The van der Waals surface area contributed by atoms with E-state index in [1.54, 1.807) is 12.1 Å². The number of carbonyl (C=O) groups is 3. The molecule has 13 heteroatoms. The number of alkyl halides is 2. The van der Waals surface area contributed by atoms with Crippen molar-refractivity contribution >= 4 is 34.8 Å². The van der Waals surface area contributed by atoms with E-state index in [1.165, 1.54) is 47.1 Å². The Morgan fingerprint density at radius 2 is 1.86 bits per heavy atom. The molecule has 0 fully saturated rings. The second-order valence-electron chi connectivity index (χ2n) is 7.09. The number of carbonyl (C=O) groups excluding carboxylic acids is 2. The summed E-state index contributed by atoms with van der Waals surface area (Å²) in [5, 5.41) is 18.4. The zero-order valence-electron chi connectivity index (χ0n) is 17.8. The van der Waals surface area contributed by atoms with Gasteiger partial charge in [-0.15, -0.1) is 11.3 Å². The maximum Gasteiger partial charge on any atom is 0.387 e. The number of aromatic carboxylic acids is 1. The van der Waals surface area contributed by atoms with Gasteiger partial charge in [0, 0.05) is 23.6 Å². The third-order valence-electron chi connectivity index (χ3n) is 4.70. The van der Waals surface area contributed by atoms with E-state index in [0.29, 0.717) is 10.4 Å². The van der Waals surface area contributed by atoms with Crippen molar-refractivity contribution in [2.75, 3.05) is 0 Å². The normalized spacial score (nSPS) is 10.9. The Hall–Kier alpha value is -4.39. The summed E-state index contributed by atoms with van der Waals surface area (Å²) < 4.78 is 30.5.